The molecule has 0 unspecified atom stereocenters. The van der Waals surface area contributed by atoms with E-state index in [0.717, 1.165) is 30.0 Å². The molecule has 18 heavy (non-hydrogen) atoms. The highest BCUT2D eigenvalue weighted by Crippen LogP contribution is 2.30. The summed E-state index contributed by atoms with van der Waals surface area (Å²) >= 11 is 9.66. The number of methoxy groups -OCH3 is 1. The molecule has 0 bridgehead atoms. The minimum Gasteiger partial charge on any atom is -0.384 e. The first kappa shape index (κ1) is 14.2. The Morgan fingerprint density at radius 3 is 2.72 bits per heavy atom. The molecular formula is C14H19BrClNO. The molecule has 1 saturated heterocycles. The molecule has 0 amide bonds. The van der Waals surface area contributed by atoms with Gasteiger partial charge in [-0.2, -0.15) is 0 Å². The summed E-state index contributed by atoms with van der Waals surface area (Å²) in [5, 5.41) is 1.69. The lowest BCUT2D eigenvalue weighted by molar-refractivity contribution is 0.139. The second-order valence-corrected chi connectivity index (χ2v) is 5.79. The second kappa shape index (κ2) is 6.78. The van der Waals surface area contributed by atoms with Crippen LogP contribution in [0.3, 0.4) is 0 Å². The highest BCUT2D eigenvalue weighted by atomic mass is 79.9. The van der Waals surface area contributed by atoms with Crippen LogP contribution in [0, 0.1) is 5.92 Å². The van der Waals surface area contributed by atoms with Crippen molar-refractivity contribution >= 4 is 33.2 Å². The fraction of sp³-hybridized carbons (Fsp3) is 0.571. The Bertz CT molecular complexity index is 391. The van der Waals surface area contributed by atoms with E-state index in [2.05, 4.69) is 33.0 Å². The number of ether oxygens (including phenoxy) is 1. The molecule has 1 aliphatic heterocycles. The van der Waals surface area contributed by atoms with Crippen molar-refractivity contribution in [2.45, 2.75) is 18.2 Å². The third-order valence-corrected chi connectivity index (χ3v) is 4.39. The third-order valence-electron chi connectivity index (χ3n) is 3.55. The topological polar surface area (TPSA) is 12.5 Å². The Kier molecular flexibility index (Phi) is 5.34. The summed E-state index contributed by atoms with van der Waals surface area (Å²) in [5.74, 6) is 0.706. The van der Waals surface area contributed by atoms with E-state index >= 15 is 0 Å². The zero-order valence-corrected chi connectivity index (χ0v) is 13.0. The molecule has 0 radical (unpaired) electrons. The van der Waals surface area contributed by atoms with Gasteiger partial charge in [0.25, 0.3) is 0 Å². The lowest BCUT2D eigenvalue weighted by Gasteiger charge is -2.34. The molecule has 1 aromatic rings. The van der Waals surface area contributed by atoms with Crippen LogP contribution in [0.2, 0.25) is 5.02 Å². The number of rotatable bonds is 4. The van der Waals surface area contributed by atoms with Crippen LogP contribution in [0.25, 0.3) is 0 Å². The Balaban J connectivity index is 2.06. The normalized spacial score (nSPS) is 17.2. The Hall–Kier alpha value is -0.250. The molecule has 0 N–H and O–H groups in total. The zero-order chi connectivity index (χ0) is 13.0. The Labute approximate surface area is 122 Å². The van der Waals surface area contributed by atoms with Gasteiger partial charge in [-0.05, 0) is 36.5 Å². The average Bonchev–Trinajstić information content (AvgIpc) is 2.40. The first-order valence-electron chi connectivity index (χ1n) is 6.33. The number of anilines is 1. The van der Waals surface area contributed by atoms with Gasteiger partial charge in [0.1, 0.15) is 0 Å². The van der Waals surface area contributed by atoms with Crippen LogP contribution in [0.5, 0.6) is 0 Å². The summed E-state index contributed by atoms with van der Waals surface area (Å²) in [6, 6.07) is 6.14. The van der Waals surface area contributed by atoms with Crippen molar-refractivity contribution in [3.8, 4) is 0 Å². The number of nitrogens with zero attached hydrogens (tertiary/aromatic N) is 1. The van der Waals surface area contributed by atoms with E-state index in [1.807, 2.05) is 6.07 Å². The van der Waals surface area contributed by atoms with Gasteiger partial charge in [0.05, 0.1) is 0 Å². The maximum absolute atomic E-state index is 6.11. The largest absolute Gasteiger partial charge is 0.384 e. The molecule has 100 valence electrons. The molecule has 1 aliphatic rings. The number of hydrogen-bond donors (Lipinski definition) is 0. The van der Waals surface area contributed by atoms with Gasteiger partial charge < -0.3 is 9.64 Å². The number of hydrogen-bond acceptors (Lipinski definition) is 2. The van der Waals surface area contributed by atoms with Gasteiger partial charge in [-0.1, -0.05) is 33.6 Å². The summed E-state index contributed by atoms with van der Waals surface area (Å²) < 4.78 is 5.24. The number of alkyl halides is 1. The van der Waals surface area contributed by atoms with Crippen molar-refractivity contribution in [3.63, 3.8) is 0 Å². The van der Waals surface area contributed by atoms with E-state index < -0.39 is 0 Å². The standard InChI is InChI=1S/C14H19BrClNO/c1-18-10-11-4-6-17(7-5-11)14-8-13(16)3-2-12(14)9-15/h2-3,8,11H,4-7,9-10H2,1H3. The van der Waals surface area contributed by atoms with Gasteiger partial charge in [0.15, 0.2) is 0 Å². The van der Waals surface area contributed by atoms with Crippen LogP contribution in [0.1, 0.15) is 18.4 Å². The average molecular weight is 333 g/mol. The Morgan fingerprint density at radius 2 is 2.11 bits per heavy atom. The van der Waals surface area contributed by atoms with Gasteiger partial charge in [-0.3, -0.25) is 0 Å². The van der Waals surface area contributed by atoms with E-state index in [-0.39, 0.29) is 0 Å². The molecule has 2 nitrogen and oxygen atoms in total. The number of benzene rings is 1. The van der Waals surface area contributed by atoms with Gasteiger partial charge in [0, 0.05) is 42.8 Å². The second-order valence-electron chi connectivity index (χ2n) is 4.79. The summed E-state index contributed by atoms with van der Waals surface area (Å²) in [4.78, 5) is 2.44. The van der Waals surface area contributed by atoms with Crippen molar-refractivity contribution in [1.29, 1.82) is 0 Å². The van der Waals surface area contributed by atoms with Crippen LogP contribution in [0.15, 0.2) is 18.2 Å². The fourth-order valence-corrected chi connectivity index (χ4v) is 3.16. The predicted molar refractivity (Wildman–Crippen MR) is 80.9 cm³/mol. The molecule has 1 fully saturated rings. The molecule has 0 spiro atoms. The molecule has 4 heteroatoms. The van der Waals surface area contributed by atoms with Crippen LogP contribution in [-0.4, -0.2) is 26.8 Å². The number of halogens is 2. The van der Waals surface area contributed by atoms with E-state index in [1.54, 1.807) is 7.11 Å². The molecule has 0 saturated carbocycles. The van der Waals surface area contributed by atoms with Crippen molar-refractivity contribution in [3.05, 3.63) is 28.8 Å². The van der Waals surface area contributed by atoms with Crippen molar-refractivity contribution in [1.82, 2.24) is 0 Å². The monoisotopic (exact) mass is 331 g/mol. The highest BCUT2D eigenvalue weighted by molar-refractivity contribution is 9.08. The van der Waals surface area contributed by atoms with Crippen molar-refractivity contribution in [2.24, 2.45) is 5.92 Å². The van der Waals surface area contributed by atoms with Gasteiger partial charge >= 0.3 is 0 Å². The van der Waals surface area contributed by atoms with E-state index in [9.17, 15) is 0 Å². The zero-order valence-electron chi connectivity index (χ0n) is 10.7. The molecular weight excluding hydrogens is 314 g/mol. The van der Waals surface area contributed by atoms with Gasteiger partial charge in [-0.15, -0.1) is 0 Å². The van der Waals surface area contributed by atoms with Gasteiger partial charge in [0.2, 0.25) is 0 Å². The van der Waals surface area contributed by atoms with Crippen molar-refractivity contribution < 1.29 is 4.74 Å². The maximum Gasteiger partial charge on any atom is 0.0491 e. The van der Waals surface area contributed by atoms with Crippen LogP contribution >= 0.6 is 27.5 Å². The quantitative estimate of drug-likeness (QED) is 0.770. The number of piperidine rings is 1. The van der Waals surface area contributed by atoms with Crippen LogP contribution in [0.4, 0.5) is 5.69 Å². The molecule has 0 aromatic heterocycles. The Morgan fingerprint density at radius 1 is 1.39 bits per heavy atom. The summed E-state index contributed by atoms with van der Waals surface area (Å²) in [5.41, 5.74) is 2.58. The molecule has 0 atom stereocenters. The highest BCUT2D eigenvalue weighted by Gasteiger charge is 2.20. The maximum atomic E-state index is 6.11. The lowest BCUT2D eigenvalue weighted by Crippen LogP contribution is -2.35. The molecule has 0 aliphatic carbocycles. The smallest absolute Gasteiger partial charge is 0.0491 e. The van der Waals surface area contributed by atoms with E-state index in [1.165, 1.54) is 24.1 Å². The van der Waals surface area contributed by atoms with Crippen LogP contribution < -0.4 is 4.90 Å². The lowest BCUT2D eigenvalue weighted by atomic mass is 9.97. The summed E-state index contributed by atoms with van der Waals surface area (Å²) in [7, 11) is 1.78. The van der Waals surface area contributed by atoms with Crippen molar-refractivity contribution in [2.75, 3.05) is 31.7 Å². The summed E-state index contributed by atoms with van der Waals surface area (Å²) in [6.45, 7) is 3.07. The first-order chi connectivity index (χ1) is 8.74. The van der Waals surface area contributed by atoms with Gasteiger partial charge in [-0.25, -0.2) is 0 Å². The SMILES string of the molecule is COCC1CCN(c2cc(Cl)ccc2CBr)CC1. The first-order valence-corrected chi connectivity index (χ1v) is 7.82. The van der Waals surface area contributed by atoms with E-state index in [4.69, 9.17) is 16.3 Å². The fourth-order valence-electron chi connectivity index (χ4n) is 2.52. The van der Waals surface area contributed by atoms with Crippen LogP contribution in [-0.2, 0) is 10.1 Å². The minimum atomic E-state index is 0.706. The van der Waals surface area contributed by atoms with E-state index in [0.29, 0.717) is 5.92 Å². The molecule has 2 rings (SSSR count). The predicted octanol–water partition coefficient (Wildman–Crippen LogP) is 4.10. The minimum absolute atomic E-state index is 0.706. The summed E-state index contributed by atoms with van der Waals surface area (Å²) in [6.07, 6.45) is 2.39. The molecule has 1 aromatic carbocycles. The molecule has 1 heterocycles. The third kappa shape index (κ3) is 3.40.